The van der Waals surface area contributed by atoms with E-state index in [0.717, 1.165) is 5.56 Å². The first kappa shape index (κ1) is 18.2. The van der Waals surface area contributed by atoms with Crippen molar-refractivity contribution in [2.24, 2.45) is 5.92 Å². The van der Waals surface area contributed by atoms with Crippen molar-refractivity contribution in [3.05, 3.63) is 34.7 Å². The van der Waals surface area contributed by atoms with Gasteiger partial charge in [0.2, 0.25) is 5.95 Å². The molecule has 10 heteroatoms. The second kappa shape index (κ2) is 7.08. The van der Waals surface area contributed by atoms with Gasteiger partial charge in [0, 0.05) is 30.7 Å². The predicted molar refractivity (Wildman–Crippen MR) is 97.4 cm³/mol. The van der Waals surface area contributed by atoms with Crippen molar-refractivity contribution in [3.63, 3.8) is 0 Å². The number of aromatic nitrogens is 3. The molecule has 0 spiro atoms. The molecule has 2 aromatic heterocycles. The molecule has 3 heterocycles. The predicted octanol–water partition coefficient (Wildman–Crippen LogP) is 0.298. The number of nitrogens with two attached hydrogens (primary N) is 1. The number of ether oxygens (including phenoxy) is 1. The molecule has 1 aliphatic heterocycles. The zero-order valence-corrected chi connectivity index (χ0v) is 15.0. The minimum Gasteiger partial charge on any atom is -0.483 e. The first-order valence-corrected chi connectivity index (χ1v) is 9.01. The summed E-state index contributed by atoms with van der Waals surface area (Å²) in [5.74, 6) is 0.565. The van der Waals surface area contributed by atoms with Crippen molar-refractivity contribution < 1.29 is 20.1 Å². The molecule has 0 bridgehead atoms. The third-order valence-electron chi connectivity index (χ3n) is 5.14. The summed E-state index contributed by atoms with van der Waals surface area (Å²) in [7, 11) is 0. The topological polar surface area (TPSA) is 147 Å². The Bertz CT molecular complexity index is 829. The van der Waals surface area contributed by atoms with E-state index < -0.39 is 30.3 Å². The van der Waals surface area contributed by atoms with Crippen molar-refractivity contribution in [1.29, 1.82) is 0 Å². The molecule has 0 radical (unpaired) electrons. The fourth-order valence-electron chi connectivity index (χ4n) is 3.72. The number of pyridine rings is 1. The molecule has 5 atom stereocenters. The van der Waals surface area contributed by atoms with Crippen LogP contribution < -0.4 is 15.8 Å². The highest BCUT2D eigenvalue weighted by molar-refractivity contribution is 6.30. The van der Waals surface area contributed by atoms with E-state index in [0.29, 0.717) is 30.0 Å². The second-order valence-corrected chi connectivity index (χ2v) is 7.20. The van der Waals surface area contributed by atoms with Gasteiger partial charge < -0.3 is 31.1 Å². The monoisotopic (exact) mass is 393 g/mol. The van der Waals surface area contributed by atoms with E-state index in [2.05, 4.69) is 20.3 Å². The van der Waals surface area contributed by atoms with Crippen molar-refractivity contribution in [1.82, 2.24) is 15.0 Å². The van der Waals surface area contributed by atoms with Gasteiger partial charge in [-0.1, -0.05) is 11.6 Å². The van der Waals surface area contributed by atoms with Crippen LogP contribution in [0.25, 0.3) is 0 Å². The smallest absolute Gasteiger partial charge is 0.223 e. The fourth-order valence-corrected chi connectivity index (χ4v) is 4.01. The molecular formula is C17H20ClN5O4. The van der Waals surface area contributed by atoms with E-state index in [4.69, 9.17) is 22.1 Å². The number of rotatable bonds is 4. The highest BCUT2D eigenvalue weighted by Gasteiger charge is 2.42. The molecule has 4 rings (SSSR count). The number of aliphatic hydroxyl groups is 3. The number of fused-ring (bicyclic) bond motifs is 1. The second-order valence-electron chi connectivity index (χ2n) is 6.84. The highest BCUT2D eigenvalue weighted by atomic mass is 35.5. The van der Waals surface area contributed by atoms with Gasteiger partial charge in [-0.2, -0.15) is 4.98 Å². The maximum atomic E-state index is 10.3. The van der Waals surface area contributed by atoms with Gasteiger partial charge in [0.15, 0.2) is 0 Å². The average Bonchev–Trinajstić information content (AvgIpc) is 3.17. The molecule has 0 saturated heterocycles. The Morgan fingerprint density at radius 2 is 2.11 bits per heavy atom. The van der Waals surface area contributed by atoms with Crippen LogP contribution in [-0.2, 0) is 6.42 Å². The number of nitrogens with zero attached hydrogens (tertiary/aromatic N) is 3. The number of anilines is 2. The maximum absolute atomic E-state index is 10.3. The van der Waals surface area contributed by atoms with Crippen LogP contribution in [0.5, 0.6) is 5.75 Å². The average molecular weight is 394 g/mol. The van der Waals surface area contributed by atoms with Crippen LogP contribution in [0.3, 0.4) is 0 Å². The van der Waals surface area contributed by atoms with E-state index >= 15 is 0 Å². The molecule has 2 aromatic rings. The molecule has 1 saturated carbocycles. The lowest BCUT2D eigenvalue weighted by Gasteiger charge is -2.22. The Kier molecular flexibility index (Phi) is 4.77. The summed E-state index contributed by atoms with van der Waals surface area (Å²) in [4.78, 5) is 12.3. The Morgan fingerprint density at radius 3 is 2.81 bits per heavy atom. The van der Waals surface area contributed by atoms with Gasteiger partial charge in [0.05, 0.1) is 23.9 Å². The quantitative estimate of drug-likeness (QED) is 0.462. The Morgan fingerprint density at radius 1 is 1.30 bits per heavy atom. The van der Waals surface area contributed by atoms with Gasteiger partial charge in [0.1, 0.15) is 28.9 Å². The molecule has 2 aliphatic rings. The third-order valence-corrected chi connectivity index (χ3v) is 5.43. The van der Waals surface area contributed by atoms with Gasteiger partial charge in [-0.25, -0.2) is 4.98 Å². The molecule has 144 valence electrons. The maximum Gasteiger partial charge on any atom is 0.223 e. The number of aliphatic hydroxyl groups excluding tert-OH is 3. The fraction of sp³-hybridized carbons (Fsp3) is 0.471. The summed E-state index contributed by atoms with van der Waals surface area (Å²) in [6.45, 7) is -0.218. The molecule has 9 nitrogen and oxygen atoms in total. The number of nitrogens with one attached hydrogen (secondary N) is 1. The van der Waals surface area contributed by atoms with E-state index in [-0.39, 0.29) is 17.7 Å². The number of hydrogen-bond acceptors (Lipinski definition) is 9. The number of hydrogen-bond donors (Lipinski definition) is 5. The van der Waals surface area contributed by atoms with E-state index in [1.165, 1.54) is 0 Å². The van der Waals surface area contributed by atoms with Crippen molar-refractivity contribution in [3.8, 4) is 5.75 Å². The van der Waals surface area contributed by atoms with Crippen LogP contribution in [0.1, 0.15) is 23.7 Å². The summed E-state index contributed by atoms with van der Waals surface area (Å²) in [5.41, 5.74) is 7.27. The van der Waals surface area contributed by atoms with E-state index in [1.807, 2.05) is 6.07 Å². The molecule has 1 aliphatic carbocycles. The zero-order chi connectivity index (χ0) is 19.1. The number of nitrogen functional groups attached to an aromatic ring is 1. The minimum atomic E-state index is -1.06. The molecule has 0 aromatic carbocycles. The highest BCUT2D eigenvalue weighted by Crippen LogP contribution is 2.41. The Labute approximate surface area is 160 Å². The molecule has 0 amide bonds. The van der Waals surface area contributed by atoms with Gasteiger partial charge >= 0.3 is 0 Å². The molecule has 6 N–H and O–H groups in total. The number of halogens is 1. The summed E-state index contributed by atoms with van der Waals surface area (Å²) < 4.78 is 5.95. The minimum absolute atomic E-state index is 0.0184. The lowest BCUT2D eigenvalue weighted by molar-refractivity contribution is 0.00444. The molecular weight excluding hydrogens is 374 g/mol. The van der Waals surface area contributed by atoms with E-state index in [9.17, 15) is 15.3 Å². The van der Waals surface area contributed by atoms with Crippen molar-refractivity contribution in [2.75, 3.05) is 17.7 Å². The van der Waals surface area contributed by atoms with Gasteiger partial charge in [0.25, 0.3) is 0 Å². The first-order chi connectivity index (χ1) is 13.0. The molecule has 5 unspecified atom stereocenters. The molecule has 1 fully saturated rings. The largest absolute Gasteiger partial charge is 0.483 e. The van der Waals surface area contributed by atoms with Crippen LogP contribution in [0.4, 0.5) is 11.8 Å². The van der Waals surface area contributed by atoms with Crippen LogP contribution in [0, 0.1) is 5.92 Å². The van der Waals surface area contributed by atoms with Crippen LogP contribution in [0.15, 0.2) is 18.5 Å². The summed E-state index contributed by atoms with van der Waals surface area (Å²) >= 11 is 6.35. The van der Waals surface area contributed by atoms with Crippen molar-refractivity contribution in [2.45, 2.75) is 37.2 Å². The zero-order valence-electron chi connectivity index (χ0n) is 14.3. The van der Waals surface area contributed by atoms with Crippen molar-refractivity contribution >= 4 is 23.4 Å². The third kappa shape index (κ3) is 3.27. The Balaban J connectivity index is 1.64. The van der Waals surface area contributed by atoms with Crippen LogP contribution >= 0.6 is 11.6 Å². The van der Waals surface area contributed by atoms with Crippen LogP contribution in [-0.4, -0.2) is 55.1 Å². The van der Waals surface area contributed by atoms with Gasteiger partial charge in [-0.15, -0.1) is 0 Å². The summed E-state index contributed by atoms with van der Waals surface area (Å²) in [6, 6.07) is 1.35. The normalized spacial score (nSPS) is 29.4. The SMILES string of the molecule is Nc1nc(Cl)c(C2Cc3ccncc3O2)c(NC2CC(CO)C(O)C2O)n1. The lowest BCUT2D eigenvalue weighted by atomic mass is 10.1. The van der Waals surface area contributed by atoms with Crippen LogP contribution in [0.2, 0.25) is 5.15 Å². The van der Waals surface area contributed by atoms with E-state index in [1.54, 1.807) is 12.4 Å². The Hall–Kier alpha value is -2.20. The summed E-state index contributed by atoms with van der Waals surface area (Å²) in [6.07, 6.45) is 1.74. The first-order valence-electron chi connectivity index (χ1n) is 8.64. The van der Waals surface area contributed by atoms with Gasteiger partial charge in [-0.3, -0.25) is 4.98 Å². The lowest BCUT2D eigenvalue weighted by Crippen LogP contribution is -2.36. The molecule has 27 heavy (non-hydrogen) atoms. The van der Waals surface area contributed by atoms with Gasteiger partial charge in [-0.05, 0) is 12.5 Å². The standard InChI is InChI=1S/C17H20ClN5O4/c18-15-12(10-4-7-1-2-20-5-11(7)27-10)16(23-17(19)22-15)21-9-3-8(6-24)13(25)14(9)26/h1-2,5,8-10,13-14,24-26H,3-4,6H2,(H3,19,21,22,23). The summed E-state index contributed by atoms with van der Waals surface area (Å²) in [5, 5.41) is 33.0.